The zero-order valence-corrected chi connectivity index (χ0v) is 20.0. The van der Waals surface area contributed by atoms with Crippen LogP contribution in [0.25, 0.3) is 11.1 Å². The predicted octanol–water partition coefficient (Wildman–Crippen LogP) is 4.05. The summed E-state index contributed by atoms with van der Waals surface area (Å²) >= 11 is 6.07. The first-order chi connectivity index (χ1) is 16.2. The van der Waals surface area contributed by atoms with Crippen LogP contribution in [-0.2, 0) is 24.2 Å². The summed E-state index contributed by atoms with van der Waals surface area (Å²) in [5, 5.41) is 0. The number of sulfonamides is 1. The van der Waals surface area contributed by atoms with Gasteiger partial charge < -0.3 is 9.39 Å². The third kappa shape index (κ3) is 4.73. The Kier molecular flexibility index (Phi) is 6.79. The summed E-state index contributed by atoms with van der Waals surface area (Å²) in [6.07, 6.45) is -1.15. The van der Waals surface area contributed by atoms with Crippen molar-refractivity contribution in [3.8, 4) is 11.1 Å². The lowest BCUT2D eigenvalue weighted by molar-refractivity contribution is -0.136. The maximum absolute atomic E-state index is 13.2. The molecule has 3 aromatic carbocycles. The first-order valence-corrected chi connectivity index (χ1v) is 12.4. The maximum Gasteiger partial charge on any atom is 0.579 e. The molecule has 7 nitrogen and oxygen atoms in total. The first kappa shape index (κ1) is 24.0. The number of aryl methyl sites for hydroxylation is 1. The molecule has 174 valence electrons. The number of hydrogen-bond donors (Lipinski definition) is 0. The highest BCUT2D eigenvalue weighted by molar-refractivity contribution is 7.90. The van der Waals surface area contributed by atoms with E-state index < -0.39 is 40.6 Å². The van der Waals surface area contributed by atoms with Gasteiger partial charge in [0.25, 0.3) is 0 Å². The Hall–Kier alpha value is -3.14. The van der Waals surface area contributed by atoms with Gasteiger partial charge in [0.1, 0.15) is 6.10 Å². The Morgan fingerprint density at radius 1 is 1.00 bits per heavy atom. The van der Waals surface area contributed by atoms with Crippen LogP contribution in [-0.4, -0.2) is 43.2 Å². The van der Waals surface area contributed by atoms with Gasteiger partial charge in [-0.25, -0.2) is 13.2 Å². The van der Waals surface area contributed by atoms with E-state index in [9.17, 15) is 18.0 Å². The van der Waals surface area contributed by atoms with Crippen LogP contribution >= 0.6 is 11.5 Å². The van der Waals surface area contributed by atoms with Gasteiger partial charge in [0.2, 0.25) is 10.0 Å². The highest BCUT2D eigenvalue weighted by atomic mass is 35.5. The summed E-state index contributed by atoms with van der Waals surface area (Å²) in [7, 11) is -4.20. The molecule has 1 aliphatic rings. The molecule has 1 heterocycles. The lowest BCUT2D eigenvalue weighted by Crippen LogP contribution is -2.49. The number of hydrogen-bond acceptors (Lipinski definition) is 6. The fourth-order valence-electron chi connectivity index (χ4n) is 3.67. The molecule has 0 saturated carbocycles. The van der Waals surface area contributed by atoms with Crippen LogP contribution in [0.3, 0.4) is 0 Å². The summed E-state index contributed by atoms with van der Waals surface area (Å²) in [5.74, 6) is -1.60. The summed E-state index contributed by atoms with van der Waals surface area (Å²) in [6.45, 7) is 1.68. The second-order valence-electron chi connectivity index (χ2n) is 7.88. The van der Waals surface area contributed by atoms with Gasteiger partial charge in [-0.2, -0.15) is 4.22 Å². The van der Waals surface area contributed by atoms with Gasteiger partial charge in [0.05, 0.1) is 10.5 Å². The quantitative estimate of drug-likeness (QED) is 0.377. The number of halogens is 1. The number of rotatable bonds is 6. The number of nitrogens with zero attached hydrogens (tertiary/aromatic N) is 1. The molecule has 3 aromatic rings. The van der Waals surface area contributed by atoms with Gasteiger partial charge >= 0.3 is 18.4 Å². The monoisotopic (exact) mass is 497 g/mol. The van der Waals surface area contributed by atoms with E-state index in [2.05, 4.69) is 0 Å². The van der Waals surface area contributed by atoms with E-state index in [1.54, 1.807) is 36.4 Å². The summed E-state index contributed by atoms with van der Waals surface area (Å²) < 4.78 is 37.6. The minimum absolute atomic E-state index is 0.0536. The molecular weight excluding hydrogens is 477 g/mol. The molecule has 34 heavy (non-hydrogen) atoms. The van der Waals surface area contributed by atoms with Crippen LogP contribution in [0.2, 0.25) is 0 Å². The van der Waals surface area contributed by atoms with Crippen LogP contribution < -0.4 is 0 Å². The zero-order chi connectivity index (χ0) is 24.5. The second kappa shape index (κ2) is 9.62. The molecule has 0 bridgehead atoms. The summed E-state index contributed by atoms with van der Waals surface area (Å²) in [6, 6.07) is 21.1. The van der Waals surface area contributed by atoms with Gasteiger partial charge in [0, 0.05) is 0 Å². The Morgan fingerprint density at radius 3 is 2.21 bits per heavy atom. The predicted molar refractivity (Wildman–Crippen MR) is 128 cm³/mol. The van der Waals surface area contributed by atoms with Crippen LogP contribution in [0.1, 0.15) is 22.8 Å². The van der Waals surface area contributed by atoms with Crippen molar-refractivity contribution in [1.82, 2.24) is 4.22 Å². The summed E-state index contributed by atoms with van der Waals surface area (Å²) in [5.41, 5.74) is 3.04. The van der Waals surface area contributed by atoms with Gasteiger partial charge in [-0.3, -0.25) is 4.79 Å². The Balaban J connectivity index is 1.53. The molecule has 1 aliphatic heterocycles. The van der Waals surface area contributed by atoms with E-state index in [1.807, 2.05) is 37.3 Å². The van der Waals surface area contributed by atoms with E-state index in [4.69, 9.17) is 20.9 Å². The maximum atomic E-state index is 13.2. The molecule has 0 N–H and O–H groups in total. The fourth-order valence-corrected chi connectivity index (χ4v) is 5.73. The third-order valence-electron chi connectivity index (χ3n) is 5.49. The van der Waals surface area contributed by atoms with Gasteiger partial charge in [-0.1, -0.05) is 60.2 Å². The molecule has 1 saturated heterocycles. The van der Waals surface area contributed by atoms with Gasteiger partial charge in [-0.05, 0) is 49.2 Å². The highest BCUT2D eigenvalue weighted by Gasteiger charge is 2.55. The van der Waals surface area contributed by atoms with Crippen LogP contribution in [0.5, 0.6) is 0 Å². The van der Waals surface area contributed by atoms with Crippen molar-refractivity contribution in [3.05, 3.63) is 90.0 Å². The summed E-state index contributed by atoms with van der Waals surface area (Å²) in [4.78, 5) is 25.2. The molecule has 10 heteroatoms. The van der Waals surface area contributed by atoms with Crippen molar-refractivity contribution in [1.29, 1.82) is 0 Å². The van der Waals surface area contributed by atoms with Crippen molar-refractivity contribution < 1.29 is 27.4 Å². The molecule has 0 aliphatic carbocycles. The molecule has 0 unspecified atom stereocenters. The minimum atomic E-state index is -4.20. The molecule has 0 aromatic heterocycles. The topological polar surface area (TPSA) is 90.0 Å². The Bertz CT molecular complexity index is 1300. The smallest absolute Gasteiger partial charge is 0.505 e. The third-order valence-corrected chi connectivity index (χ3v) is 7.75. The number of carbonyl (C=O) groups is 2. The number of carbonyl (C=O) groups excluding carboxylic acids is 2. The molecule has 1 fully saturated rings. The molecule has 0 radical (unpaired) electrons. The van der Waals surface area contributed by atoms with Crippen molar-refractivity contribution in [2.45, 2.75) is 30.9 Å². The van der Waals surface area contributed by atoms with Crippen LogP contribution in [0.4, 0.5) is 0 Å². The molecule has 0 spiro atoms. The molecule has 4 rings (SSSR count). The standard InChI is InChI=1S/C24H21BClNO6S/c1-16-8-14-21(15-9-16)34(30,31)27-22(24(29)33-25(27)26)17(2)32-23(28)20-12-10-19(11-13-20)18-6-4-3-5-7-18/h3-15,17,22H,1-2H3/t17-,22-/m0/s1. The van der Waals surface area contributed by atoms with Gasteiger partial charge in [-0.15, -0.1) is 11.5 Å². The highest BCUT2D eigenvalue weighted by Crippen LogP contribution is 2.30. The SMILES string of the molecule is Cc1ccc(S(=O)(=O)N2B(Cl)OC(=O)[C@@H]2[C@H](C)OC(=O)c2ccc(-c3ccccc3)cc2)cc1. The fraction of sp³-hybridized carbons (Fsp3) is 0.167. The average Bonchev–Trinajstić information content (AvgIpc) is 3.14. The average molecular weight is 498 g/mol. The van der Waals surface area contributed by atoms with E-state index in [0.29, 0.717) is 0 Å². The zero-order valence-electron chi connectivity index (χ0n) is 18.4. The molecular formula is C24H21BClNO6S. The minimum Gasteiger partial charge on any atom is -0.505 e. The van der Waals surface area contributed by atoms with Crippen LogP contribution in [0.15, 0.2) is 83.8 Å². The van der Waals surface area contributed by atoms with Crippen molar-refractivity contribution in [2.75, 3.05) is 0 Å². The Morgan fingerprint density at radius 2 is 1.59 bits per heavy atom. The Labute approximate surface area is 203 Å². The lowest BCUT2D eigenvalue weighted by atomic mass is 10.0. The van der Waals surface area contributed by atoms with Gasteiger partial charge in [0.15, 0.2) is 6.04 Å². The number of ether oxygens (including phenoxy) is 1. The van der Waals surface area contributed by atoms with E-state index in [1.165, 1.54) is 19.1 Å². The number of benzene rings is 3. The van der Waals surface area contributed by atoms with Crippen LogP contribution in [0, 0.1) is 6.92 Å². The molecule has 2 atom stereocenters. The normalized spacial score (nSPS) is 17.3. The van der Waals surface area contributed by atoms with E-state index in [0.717, 1.165) is 20.9 Å². The van der Waals surface area contributed by atoms with E-state index >= 15 is 0 Å². The number of esters is 1. The first-order valence-electron chi connectivity index (χ1n) is 10.5. The van der Waals surface area contributed by atoms with E-state index in [-0.39, 0.29) is 10.5 Å². The second-order valence-corrected chi connectivity index (χ2v) is 10.1. The van der Waals surface area contributed by atoms with Crippen molar-refractivity contribution in [3.63, 3.8) is 0 Å². The largest absolute Gasteiger partial charge is 0.579 e. The van der Waals surface area contributed by atoms with Crippen molar-refractivity contribution in [2.24, 2.45) is 0 Å². The van der Waals surface area contributed by atoms with Crippen molar-refractivity contribution >= 4 is 39.9 Å². The molecule has 0 amide bonds. The lowest BCUT2D eigenvalue weighted by Gasteiger charge is -2.25.